The molecule has 4 aromatic carbocycles. The predicted molar refractivity (Wildman–Crippen MR) is 195 cm³/mol. The van der Waals surface area contributed by atoms with Crippen molar-refractivity contribution in [3.05, 3.63) is 153 Å². The molecule has 0 radical (unpaired) electrons. The first kappa shape index (κ1) is 34.3. The van der Waals surface area contributed by atoms with Crippen LogP contribution in [-0.2, 0) is 11.4 Å². The van der Waals surface area contributed by atoms with Gasteiger partial charge in [-0.25, -0.2) is 4.99 Å². The maximum absolute atomic E-state index is 14.2. The van der Waals surface area contributed by atoms with E-state index in [1.165, 1.54) is 30.6 Å². The van der Waals surface area contributed by atoms with Crippen LogP contribution in [0.15, 0.2) is 117 Å². The summed E-state index contributed by atoms with van der Waals surface area (Å²) in [6.07, 6.45) is 1.75. The van der Waals surface area contributed by atoms with Gasteiger partial charge in [0.05, 0.1) is 45.0 Å². The van der Waals surface area contributed by atoms with Crippen LogP contribution in [0.3, 0.4) is 0 Å². The van der Waals surface area contributed by atoms with Crippen LogP contribution in [-0.4, -0.2) is 29.1 Å². The molecule has 0 spiro atoms. The summed E-state index contributed by atoms with van der Waals surface area (Å²) in [6.45, 7) is 4.33. The Bertz CT molecular complexity index is 2280. The smallest absolute Gasteiger partial charge is 0.271 e. The number of benzene rings is 4. The highest BCUT2D eigenvalue weighted by molar-refractivity contribution is 9.10. The third-order valence-electron chi connectivity index (χ3n) is 7.88. The van der Waals surface area contributed by atoms with Crippen molar-refractivity contribution in [1.82, 2.24) is 4.57 Å². The van der Waals surface area contributed by atoms with Gasteiger partial charge in [-0.3, -0.25) is 24.3 Å². The van der Waals surface area contributed by atoms with E-state index in [0.717, 1.165) is 11.1 Å². The Balaban J connectivity index is 1.37. The van der Waals surface area contributed by atoms with E-state index in [0.29, 0.717) is 60.2 Å². The van der Waals surface area contributed by atoms with Crippen LogP contribution < -0.4 is 34.4 Å². The number of aromatic nitrogens is 1. The number of nitrogens with zero attached hydrogens (tertiary/aromatic N) is 3. The number of carbonyl (C=O) groups excluding carboxylic acids is 1. The fourth-order valence-corrected chi connectivity index (χ4v) is 7.16. The number of allylic oxidation sites excluding steroid dienone is 1. The number of nitro benzene ring substituents is 1. The molecule has 50 heavy (non-hydrogen) atoms. The van der Waals surface area contributed by atoms with Gasteiger partial charge in [0.25, 0.3) is 17.2 Å². The number of anilines is 1. The molecule has 2 heterocycles. The van der Waals surface area contributed by atoms with Crippen LogP contribution in [0, 0.1) is 10.1 Å². The lowest BCUT2D eigenvalue weighted by Gasteiger charge is -2.25. The summed E-state index contributed by atoms with van der Waals surface area (Å²) in [7, 11) is 1.51. The van der Waals surface area contributed by atoms with Crippen molar-refractivity contribution >= 4 is 50.6 Å². The monoisotopic (exact) mass is 754 g/mol. The van der Waals surface area contributed by atoms with Crippen molar-refractivity contribution in [1.29, 1.82) is 0 Å². The average Bonchev–Trinajstić information content (AvgIpc) is 3.41. The van der Waals surface area contributed by atoms with Gasteiger partial charge < -0.3 is 19.5 Å². The Labute approximate surface area is 299 Å². The molecule has 0 bridgehead atoms. The number of methoxy groups -OCH3 is 1. The molecule has 0 fully saturated rings. The highest BCUT2D eigenvalue weighted by Gasteiger charge is 2.32. The van der Waals surface area contributed by atoms with E-state index in [4.69, 9.17) is 19.2 Å². The highest BCUT2D eigenvalue weighted by atomic mass is 79.9. The first-order valence-corrected chi connectivity index (χ1v) is 17.1. The molecule has 1 N–H and O–H groups in total. The SMILES string of the molecule is CCOc1ccc([C@@H]2C(C(=O)Nc3ccccc3)=C(C)N=c3s/c(=C\c4cc(Br)c(OCc5ccc([N+](=O)[O-])cc5)c(OC)c4)c(=O)n32)cc1. The molecule has 1 aromatic heterocycles. The van der Waals surface area contributed by atoms with Crippen LogP contribution in [0.1, 0.15) is 36.6 Å². The number of rotatable bonds is 11. The number of halogens is 1. The zero-order valence-electron chi connectivity index (χ0n) is 27.2. The molecule has 0 aliphatic carbocycles. The first-order chi connectivity index (χ1) is 24.2. The number of carbonyl (C=O) groups is 1. The van der Waals surface area contributed by atoms with Gasteiger partial charge in [0.2, 0.25) is 0 Å². The number of amides is 1. The second-order valence-corrected chi connectivity index (χ2v) is 13.0. The fraction of sp³-hybridized carbons (Fsp3) is 0.162. The second kappa shape index (κ2) is 14.9. The van der Waals surface area contributed by atoms with Gasteiger partial charge in [-0.15, -0.1) is 0 Å². The van der Waals surface area contributed by atoms with E-state index in [1.54, 1.807) is 54.0 Å². The van der Waals surface area contributed by atoms with Gasteiger partial charge in [-0.05, 0) is 101 Å². The van der Waals surface area contributed by atoms with Crippen LogP contribution in [0.25, 0.3) is 6.08 Å². The molecule has 1 aliphatic heterocycles. The molecular formula is C37H31BrN4O7S. The summed E-state index contributed by atoms with van der Waals surface area (Å²) in [6, 6.07) is 25.4. The summed E-state index contributed by atoms with van der Waals surface area (Å²) < 4.78 is 19.9. The Hall–Kier alpha value is -5.53. The van der Waals surface area contributed by atoms with Crippen molar-refractivity contribution in [3.63, 3.8) is 0 Å². The molecule has 5 aromatic rings. The number of fused-ring (bicyclic) bond motifs is 1. The van der Waals surface area contributed by atoms with Gasteiger partial charge in [-0.1, -0.05) is 41.7 Å². The predicted octanol–water partition coefficient (Wildman–Crippen LogP) is 6.53. The zero-order valence-corrected chi connectivity index (χ0v) is 29.6. The molecule has 11 nitrogen and oxygen atoms in total. The Morgan fingerprint density at radius 3 is 2.44 bits per heavy atom. The fourth-order valence-electron chi connectivity index (χ4n) is 5.54. The van der Waals surface area contributed by atoms with Crippen molar-refractivity contribution in [2.45, 2.75) is 26.5 Å². The summed E-state index contributed by atoms with van der Waals surface area (Å²) in [4.78, 5) is 43.8. The third-order valence-corrected chi connectivity index (χ3v) is 9.46. The quantitative estimate of drug-likeness (QED) is 0.120. The number of nitrogens with one attached hydrogen (secondary N) is 1. The third kappa shape index (κ3) is 7.24. The van der Waals surface area contributed by atoms with E-state index in [9.17, 15) is 19.7 Å². The van der Waals surface area contributed by atoms with E-state index >= 15 is 0 Å². The van der Waals surface area contributed by atoms with Crippen molar-refractivity contribution in [2.75, 3.05) is 19.0 Å². The van der Waals surface area contributed by atoms with E-state index in [2.05, 4.69) is 21.2 Å². The lowest BCUT2D eigenvalue weighted by atomic mass is 9.95. The first-order valence-electron chi connectivity index (χ1n) is 15.5. The Morgan fingerprint density at radius 2 is 1.78 bits per heavy atom. The molecule has 1 amide bonds. The molecular weight excluding hydrogens is 724 g/mol. The van der Waals surface area contributed by atoms with Gasteiger partial charge in [0.15, 0.2) is 16.3 Å². The molecule has 1 atom stereocenters. The largest absolute Gasteiger partial charge is 0.494 e. The molecule has 13 heteroatoms. The minimum absolute atomic E-state index is 0.00483. The average molecular weight is 756 g/mol. The number of nitro groups is 1. The number of para-hydroxylation sites is 1. The maximum atomic E-state index is 14.2. The normalized spacial score (nSPS) is 14.1. The van der Waals surface area contributed by atoms with Crippen molar-refractivity contribution in [2.24, 2.45) is 4.99 Å². The summed E-state index contributed by atoms with van der Waals surface area (Å²) in [5.74, 6) is 1.18. The van der Waals surface area contributed by atoms with Crippen LogP contribution in [0.5, 0.6) is 17.2 Å². The number of ether oxygens (including phenoxy) is 3. The summed E-state index contributed by atoms with van der Waals surface area (Å²) in [5, 5.41) is 14.0. The number of thiazole rings is 1. The molecule has 6 rings (SSSR count). The van der Waals surface area contributed by atoms with E-state index in [1.807, 2.05) is 49.4 Å². The van der Waals surface area contributed by atoms with Gasteiger partial charge in [-0.2, -0.15) is 0 Å². The zero-order chi connectivity index (χ0) is 35.4. The van der Waals surface area contributed by atoms with Crippen molar-refractivity contribution in [3.8, 4) is 17.2 Å². The summed E-state index contributed by atoms with van der Waals surface area (Å²) >= 11 is 4.80. The van der Waals surface area contributed by atoms with Gasteiger partial charge in [0, 0.05) is 17.8 Å². The maximum Gasteiger partial charge on any atom is 0.271 e. The van der Waals surface area contributed by atoms with Crippen molar-refractivity contribution < 1.29 is 23.9 Å². The van der Waals surface area contributed by atoms with Gasteiger partial charge in [0.1, 0.15) is 12.4 Å². The minimum atomic E-state index is -0.746. The topological polar surface area (TPSA) is 134 Å². The van der Waals surface area contributed by atoms with Crippen LogP contribution in [0.4, 0.5) is 11.4 Å². The lowest BCUT2D eigenvalue weighted by Crippen LogP contribution is -2.40. The molecule has 254 valence electrons. The molecule has 0 unspecified atom stereocenters. The molecule has 0 saturated heterocycles. The number of hydrogen-bond donors (Lipinski definition) is 1. The van der Waals surface area contributed by atoms with Gasteiger partial charge >= 0.3 is 0 Å². The summed E-state index contributed by atoms with van der Waals surface area (Å²) in [5.41, 5.74) is 3.31. The second-order valence-electron chi connectivity index (χ2n) is 11.2. The standard InChI is InChI=1S/C37H31BrN4O7S/c1-4-48-28-16-12-25(13-17-28)33-32(35(43)40-26-8-6-5-7-9-26)22(2)39-37-41(33)36(44)31(50-37)20-24-18-29(38)34(30(19-24)47-3)49-21-23-10-14-27(15-11-23)42(45)46/h5-20,33H,4,21H2,1-3H3,(H,40,43)/b31-20-/t33-/m1/s1. The van der Waals surface area contributed by atoms with E-state index < -0.39 is 11.0 Å². The lowest BCUT2D eigenvalue weighted by molar-refractivity contribution is -0.384. The molecule has 1 aliphatic rings. The molecule has 0 saturated carbocycles. The number of non-ortho nitro benzene ring substituents is 1. The minimum Gasteiger partial charge on any atom is -0.494 e. The number of hydrogen-bond acceptors (Lipinski definition) is 9. The Kier molecular flexibility index (Phi) is 10.3. The van der Waals surface area contributed by atoms with Crippen LogP contribution >= 0.6 is 27.3 Å². The van der Waals surface area contributed by atoms with Crippen LogP contribution in [0.2, 0.25) is 0 Å². The van der Waals surface area contributed by atoms with E-state index in [-0.39, 0.29) is 23.8 Å². The highest BCUT2D eigenvalue weighted by Crippen LogP contribution is 2.38. The Morgan fingerprint density at radius 1 is 1.06 bits per heavy atom.